The van der Waals surface area contributed by atoms with Crippen molar-refractivity contribution in [2.24, 2.45) is 14.1 Å². The highest BCUT2D eigenvalue weighted by Crippen LogP contribution is 2.36. The van der Waals surface area contributed by atoms with Crippen molar-refractivity contribution in [3.63, 3.8) is 0 Å². The Bertz CT molecular complexity index is 1390. The molecular formula is C14H22F8N6O8S4. The Morgan fingerprint density at radius 1 is 0.625 bits per heavy atom. The number of halogens is 8. The van der Waals surface area contributed by atoms with Gasteiger partial charge in [0, 0.05) is 0 Å². The zero-order valence-corrected chi connectivity index (χ0v) is 23.8. The van der Waals surface area contributed by atoms with Crippen LogP contribution in [0.25, 0.3) is 8.25 Å². The predicted molar refractivity (Wildman–Crippen MR) is 119 cm³/mol. The van der Waals surface area contributed by atoms with E-state index < -0.39 is 51.9 Å². The van der Waals surface area contributed by atoms with Crippen LogP contribution in [0.2, 0.25) is 0 Å². The second-order valence-corrected chi connectivity index (χ2v) is 12.3. The predicted octanol–water partition coefficient (Wildman–Crippen LogP) is 1.51. The molecule has 0 unspecified atom stereocenters. The molecule has 14 nitrogen and oxygen atoms in total. The summed E-state index contributed by atoms with van der Waals surface area (Å²) in [5.41, 5.74) is -12.4. The number of hydrogen-bond donors (Lipinski definition) is 0. The summed E-state index contributed by atoms with van der Waals surface area (Å²) in [5.74, 6) is 0. The first-order valence-corrected chi connectivity index (χ1v) is 15.1. The van der Waals surface area contributed by atoms with Gasteiger partial charge in [0.1, 0.15) is 24.8 Å². The molecule has 0 spiro atoms. The average Bonchev–Trinajstić information content (AvgIpc) is 3.31. The Labute approximate surface area is 224 Å². The highest BCUT2D eigenvalue weighted by Gasteiger charge is 2.46. The molecule has 0 aromatic carbocycles. The summed E-state index contributed by atoms with van der Waals surface area (Å²) in [6.45, 7) is 6.36. The minimum Gasteiger partial charge on any atom is -0.421 e. The third kappa shape index (κ3) is 17.3. The molecule has 0 radical (unpaired) electrons. The van der Waals surface area contributed by atoms with Crippen molar-refractivity contribution in [3.8, 4) is 0 Å². The molecule has 26 heteroatoms. The van der Waals surface area contributed by atoms with Gasteiger partial charge in [-0.2, -0.15) is 26.3 Å². The van der Waals surface area contributed by atoms with Crippen molar-refractivity contribution in [2.45, 2.75) is 38.0 Å². The summed E-state index contributed by atoms with van der Waals surface area (Å²) in [5, 5.41) is 0. The van der Waals surface area contributed by atoms with Gasteiger partial charge in [0.2, 0.25) is 33.5 Å². The van der Waals surface area contributed by atoms with Crippen LogP contribution in [0, 0.1) is 0 Å². The molecule has 236 valence electrons. The van der Waals surface area contributed by atoms with Gasteiger partial charge in [-0.15, -0.1) is 7.77 Å². The van der Waals surface area contributed by atoms with Crippen LogP contribution in [-0.2, 0) is 68.0 Å². The van der Waals surface area contributed by atoms with E-state index in [4.69, 9.17) is 0 Å². The highest BCUT2D eigenvalue weighted by molar-refractivity contribution is 8.13. The largest absolute Gasteiger partial charge is 0.480 e. The maximum Gasteiger partial charge on any atom is 0.480 e. The number of sulfonamides is 2. The molecular weight excluding hydrogens is 660 g/mol. The number of alkyl halides is 6. The molecule has 0 N–H and O–H groups in total. The van der Waals surface area contributed by atoms with E-state index >= 15 is 0 Å². The van der Waals surface area contributed by atoms with Crippen molar-refractivity contribution in [2.75, 3.05) is 0 Å². The molecule has 2 rings (SSSR count). The van der Waals surface area contributed by atoms with Crippen LogP contribution in [0.3, 0.4) is 0 Å². The van der Waals surface area contributed by atoms with Crippen molar-refractivity contribution in [3.05, 3.63) is 45.7 Å². The molecule has 0 amide bonds. The number of hydrogen-bond acceptors (Lipinski definition) is 8. The molecule has 0 atom stereocenters. The molecule has 2 aromatic rings. The van der Waals surface area contributed by atoms with Crippen LogP contribution in [-0.4, -0.2) is 53.8 Å². The number of rotatable bonds is 6. The molecule has 40 heavy (non-hydrogen) atoms. The number of imidazole rings is 2. The van der Waals surface area contributed by atoms with Gasteiger partial charge in [0.15, 0.2) is 20.0 Å². The minimum atomic E-state index is -6.72. The zero-order valence-electron chi connectivity index (χ0n) is 20.5. The van der Waals surface area contributed by atoms with Gasteiger partial charge in [-0.05, 0) is 13.8 Å². The molecule has 0 bridgehead atoms. The van der Waals surface area contributed by atoms with E-state index in [1.807, 2.05) is 35.6 Å². The Morgan fingerprint density at radius 3 is 1.00 bits per heavy atom. The Morgan fingerprint density at radius 2 is 0.900 bits per heavy atom. The lowest BCUT2D eigenvalue weighted by Gasteiger charge is -2.22. The van der Waals surface area contributed by atoms with Crippen LogP contribution in [0.1, 0.15) is 13.8 Å². The van der Waals surface area contributed by atoms with E-state index in [1.165, 1.54) is 0 Å². The van der Waals surface area contributed by atoms with Crippen molar-refractivity contribution < 1.29 is 76.9 Å². The molecule has 2 heterocycles. The Hall–Kier alpha value is -2.42. The fourth-order valence-electron chi connectivity index (χ4n) is 1.70. The van der Waals surface area contributed by atoms with E-state index in [9.17, 15) is 67.8 Å². The first-order valence-electron chi connectivity index (χ1n) is 9.59. The molecule has 0 saturated carbocycles. The summed E-state index contributed by atoms with van der Waals surface area (Å²) in [4.78, 5) is 0. The van der Waals surface area contributed by atoms with E-state index in [0.717, 1.165) is 21.3 Å². The van der Waals surface area contributed by atoms with E-state index in [1.54, 1.807) is 0 Å². The summed E-state index contributed by atoms with van der Waals surface area (Å²) in [7, 11) is -20.6. The summed E-state index contributed by atoms with van der Waals surface area (Å²) < 4.78 is 178. The lowest BCUT2D eigenvalue weighted by Crippen LogP contribution is -2.30. The van der Waals surface area contributed by atoms with E-state index in [2.05, 4.69) is 48.0 Å². The SMILES string of the molecule is CCn1cc[n+](C)c1.CCn1cc[n+](C)c1.O=S(=O)(F)[N-]S(=O)(=O)F.O=S(=O)([N-]S(=O)(=O)C(F)(F)F)C(F)(F)F. The van der Waals surface area contributed by atoms with Gasteiger partial charge < -0.3 is 8.25 Å². The van der Waals surface area contributed by atoms with Gasteiger partial charge in [-0.1, -0.05) is 0 Å². The zero-order chi connectivity index (χ0) is 32.4. The van der Waals surface area contributed by atoms with Gasteiger partial charge in [0.05, 0.1) is 27.2 Å². The van der Waals surface area contributed by atoms with Crippen molar-refractivity contribution in [1.82, 2.24) is 9.13 Å². The molecule has 2 aromatic heterocycles. The fourth-order valence-corrected chi connectivity index (χ4v) is 4.26. The second kappa shape index (κ2) is 15.0. The van der Waals surface area contributed by atoms with Gasteiger partial charge in [0.25, 0.3) is 0 Å². The molecule has 0 saturated heterocycles. The van der Waals surface area contributed by atoms with Crippen LogP contribution in [0.15, 0.2) is 37.4 Å². The van der Waals surface area contributed by atoms with Crippen LogP contribution < -0.4 is 9.13 Å². The maximum atomic E-state index is 11.4. The Balaban J connectivity index is 0. The lowest BCUT2D eigenvalue weighted by atomic mass is 10.7. The first kappa shape index (κ1) is 39.7. The fraction of sp³-hybridized carbons (Fsp3) is 0.571. The summed E-state index contributed by atoms with van der Waals surface area (Å²) >= 11 is 0. The topological polar surface area (TPSA) is 182 Å². The molecule has 0 aliphatic rings. The monoisotopic (exact) mass is 682 g/mol. The van der Waals surface area contributed by atoms with Gasteiger partial charge >= 0.3 is 11.0 Å². The van der Waals surface area contributed by atoms with E-state index in [-0.39, 0.29) is 0 Å². The number of nitrogens with zero attached hydrogens (tertiary/aromatic N) is 6. The highest BCUT2D eigenvalue weighted by atomic mass is 32.3. The standard InChI is InChI=1S/2C6H11N2.C2F6NO4S2.F2NO4S2/c2*1-3-8-5-4-7(2)6-8;3-1(4,5)14(10,11)9-15(12,13)2(6,7)8;1-8(4,5)3-9(2,6)7/h2*4-6H,3H2,1-2H3;;/q2*+1;2*-1. The molecule has 0 fully saturated rings. The van der Waals surface area contributed by atoms with Crippen molar-refractivity contribution >= 4 is 40.9 Å². The minimum absolute atomic E-state index is 0.778. The quantitative estimate of drug-likeness (QED) is 0.250. The first-order chi connectivity index (χ1) is 17.6. The number of aromatic nitrogens is 4. The van der Waals surface area contributed by atoms with E-state index in [0.29, 0.717) is 0 Å². The summed E-state index contributed by atoms with van der Waals surface area (Å²) in [6.07, 6.45) is 12.3. The smallest absolute Gasteiger partial charge is 0.421 e. The third-order valence-corrected chi connectivity index (χ3v) is 7.50. The molecule has 0 aliphatic heterocycles. The third-order valence-electron chi connectivity index (χ3n) is 3.34. The molecule has 0 aliphatic carbocycles. The van der Waals surface area contributed by atoms with Crippen LogP contribution >= 0.6 is 0 Å². The lowest BCUT2D eigenvalue weighted by molar-refractivity contribution is -0.671. The van der Waals surface area contributed by atoms with Gasteiger partial charge in [-0.25, -0.2) is 51.9 Å². The van der Waals surface area contributed by atoms with Crippen LogP contribution in [0.5, 0.6) is 0 Å². The Kier molecular flexibility index (Phi) is 14.9. The average molecular weight is 683 g/mol. The van der Waals surface area contributed by atoms with Crippen molar-refractivity contribution in [1.29, 1.82) is 0 Å². The maximum absolute atomic E-state index is 11.4. The summed E-state index contributed by atoms with van der Waals surface area (Å²) in [6, 6.07) is 0. The number of aryl methyl sites for hydroxylation is 4. The van der Waals surface area contributed by atoms with Gasteiger partial charge in [-0.3, -0.25) is 0 Å². The van der Waals surface area contributed by atoms with Crippen LogP contribution in [0.4, 0.5) is 34.1 Å². The second-order valence-electron chi connectivity index (χ2n) is 6.63. The normalized spacial score (nSPS) is 12.7.